The zero-order valence-corrected chi connectivity index (χ0v) is 2.02. The summed E-state index contributed by atoms with van der Waals surface area (Å²) in [5.41, 5.74) is 4.15. The molecule has 0 radical (unpaired) electrons. The molecule has 0 amide bonds. The quantitative estimate of drug-likeness (QED) is 0.275. The molecule has 4 heavy (non-hydrogen) atoms. The molecule has 0 bridgehead atoms. The minimum absolute atomic E-state index is 0. The number of nitrogens with two attached hydrogens (primary N) is 1. The van der Waals surface area contributed by atoms with Crippen LogP contribution < -0.4 is 5.73 Å². The van der Waals surface area contributed by atoms with Gasteiger partial charge in [-0.2, -0.15) is 5.26 Å². The van der Waals surface area contributed by atoms with Crippen molar-refractivity contribution in [1.29, 1.82) is 5.26 Å². The smallest absolute Gasteiger partial charge is 0.173 e. The fourth-order valence-electron chi connectivity index (χ4n) is 0. The molecule has 0 atom stereocenters. The Morgan fingerprint density at radius 3 is 1.75 bits per heavy atom. The lowest BCUT2D eigenvalue weighted by Gasteiger charge is -1.24. The molecular weight excluding hydrogens is 56.0 g/mol. The Hall–Kier alpha value is -0.750. The van der Waals surface area contributed by atoms with Gasteiger partial charge in [0.25, 0.3) is 0 Å². The van der Waals surface area contributed by atoms with Crippen LogP contribution in [0.3, 0.4) is 0 Å². The van der Waals surface area contributed by atoms with Gasteiger partial charge in [0.2, 0.25) is 0 Å². The summed E-state index contributed by atoms with van der Waals surface area (Å²) in [6.07, 6.45) is 1.25. The van der Waals surface area contributed by atoms with Crippen molar-refractivity contribution < 1.29 is 5.48 Å². The average molecular weight is 60.1 g/mol. The molecule has 4 N–H and O–H groups in total. The highest BCUT2D eigenvalue weighted by Gasteiger charge is 1.12. The average Bonchev–Trinajstić information content (AvgIpc) is 0.918. The Morgan fingerprint density at radius 1 is 1.75 bits per heavy atom. The standard InChI is InChI=1S/CH2N2.H2O/c2-1-3;/h2H2;1H2. The summed E-state index contributed by atoms with van der Waals surface area (Å²) in [5, 5.41) is 7.10. The Balaban J connectivity index is 0. The second-order valence-corrected chi connectivity index (χ2v) is 0.129. The highest BCUT2D eigenvalue weighted by molar-refractivity contribution is 4.46. The van der Waals surface area contributed by atoms with Crippen LogP contribution in [-0.4, -0.2) is 5.48 Å². The van der Waals surface area contributed by atoms with E-state index in [0.29, 0.717) is 0 Å². The van der Waals surface area contributed by atoms with E-state index >= 15 is 0 Å². The van der Waals surface area contributed by atoms with Crippen molar-refractivity contribution in [2.45, 2.75) is 0 Å². The number of nitrogens with zero attached hydrogens (tertiary/aromatic N) is 1. The summed E-state index contributed by atoms with van der Waals surface area (Å²) in [6, 6.07) is 0. The van der Waals surface area contributed by atoms with Gasteiger partial charge in [-0.1, -0.05) is 0 Å². The molecule has 24 valence electrons. The van der Waals surface area contributed by atoms with E-state index in [9.17, 15) is 0 Å². The third-order valence-electron chi connectivity index (χ3n) is 0. The first kappa shape index (κ1) is 10.5. The molecule has 0 unspecified atom stereocenters. The number of hydrogen-bond acceptors (Lipinski definition) is 2. The second-order valence-electron chi connectivity index (χ2n) is 0.129. The molecule has 0 aliphatic rings. The topological polar surface area (TPSA) is 81.3 Å². The number of nitriles is 1. The molecule has 3 nitrogen and oxygen atoms in total. The van der Waals surface area contributed by atoms with Crippen molar-refractivity contribution in [3.8, 4) is 6.19 Å². The molecule has 0 aromatic carbocycles. The summed E-state index contributed by atoms with van der Waals surface area (Å²) in [6.45, 7) is 0. The van der Waals surface area contributed by atoms with Crippen molar-refractivity contribution in [2.24, 2.45) is 5.73 Å². The van der Waals surface area contributed by atoms with Crippen molar-refractivity contribution >= 4 is 0 Å². The van der Waals surface area contributed by atoms with E-state index < -0.39 is 0 Å². The summed E-state index contributed by atoms with van der Waals surface area (Å²) < 4.78 is 0. The molecule has 0 spiro atoms. The van der Waals surface area contributed by atoms with E-state index in [2.05, 4.69) is 5.73 Å². The van der Waals surface area contributed by atoms with E-state index in [4.69, 9.17) is 5.26 Å². The Labute approximate surface area is 24.0 Å². The summed E-state index contributed by atoms with van der Waals surface area (Å²) in [7, 11) is 0. The molecule has 0 fully saturated rings. The molecule has 0 aliphatic heterocycles. The molecule has 0 saturated carbocycles. The highest BCUT2D eigenvalue weighted by atomic mass is 16.0. The van der Waals surface area contributed by atoms with Crippen LogP contribution in [0.2, 0.25) is 0 Å². The summed E-state index contributed by atoms with van der Waals surface area (Å²) >= 11 is 0. The van der Waals surface area contributed by atoms with E-state index in [1.165, 1.54) is 6.19 Å². The SMILES string of the molecule is N#CN.O. The van der Waals surface area contributed by atoms with Gasteiger partial charge in [-0.15, -0.1) is 0 Å². The molecule has 0 aliphatic carbocycles. The zero-order valence-electron chi connectivity index (χ0n) is 2.02. The van der Waals surface area contributed by atoms with Gasteiger partial charge < -0.3 is 11.2 Å². The van der Waals surface area contributed by atoms with Gasteiger partial charge in [-0.25, -0.2) is 0 Å². The predicted molar refractivity (Wildman–Crippen MR) is 13.4 cm³/mol. The normalized spacial score (nSPS) is 1.75. The molecular formula is CH4N2O. The van der Waals surface area contributed by atoms with E-state index in [1.807, 2.05) is 0 Å². The first-order valence-electron chi connectivity index (χ1n) is 0.512. The molecule has 0 aromatic rings. The second kappa shape index (κ2) is 56.2. The molecule has 0 rings (SSSR count). The Bertz CT molecular complexity index is 27.5. The fraction of sp³-hybridized carbons (Fsp3) is 0. The maximum atomic E-state index is 7.10. The van der Waals surface area contributed by atoms with Gasteiger partial charge in [0, 0.05) is 0 Å². The van der Waals surface area contributed by atoms with Gasteiger partial charge in [-0.3, -0.25) is 0 Å². The van der Waals surface area contributed by atoms with Crippen LogP contribution in [0.15, 0.2) is 0 Å². The van der Waals surface area contributed by atoms with Crippen molar-refractivity contribution in [2.75, 3.05) is 0 Å². The monoisotopic (exact) mass is 60.0 g/mol. The molecule has 0 saturated heterocycles. The van der Waals surface area contributed by atoms with Crippen LogP contribution in [0, 0.1) is 11.5 Å². The van der Waals surface area contributed by atoms with Crippen molar-refractivity contribution in [3.63, 3.8) is 0 Å². The van der Waals surface area contributed by atoms with Gasteiger partial charge >= 0.3 is 0 Å². The van der Waals surface area contributed by atoms with Crippen molar-refractivity contribution in [1.82, 2.24) is 0 Å². The first-order valence-corrected chi connectivity index (χ1v) is 0.512. The number of hydrogen-bond donors (Lipinski definition) is 1. The lowest BCUT2D eigenvalue weighted by atomic mass is 11.5. The molecule has 3 heteroatoms. The summed E-state index contributed by atoms with van der Waals surface area (Å²) in [4.78, 5) is 0. The predicted octanol–water partition coefficient (Wildman–Crippen LogP) is -1.40. The minimum Gasteiger partial charge on any atom is -0.412 e. The maximum absolute atomic E-state index is 7.10. The van der Waals surface area contributed by atoms with Crippen LogP contribution >= 0.6 is 0 Å². The Morgan fingerprint density at radius 2 is 1.75 bits per heavy atom. The van der Waals surface area contributed by atoms with E-state index in [0.717, 1.165) is 0 Å². The van der Waals surface area contributed by atoms with Crippen LogP contribution in [0.5, 0.6) is 0 Å². The lowest BCUT2D eigenvalue weighted by molar-refractivity contribution is 0.824. The molecule has 0 heterocycles. The van der Waals surface area contributed by atoms with Crippen LogP contribution in [0.1, 0.15) is 0 Å². The fourth-order valence-corrected chi connectivity index (χ4v) is 0. The maximum Gasteiger partial charge on any atom is 0.173 e. The van der Waals surface area contributed by atoms with Gasteiger partial charge in [0.15, 0.2) is 6.19 Å². The third-order valence-corrected chi connectivity index (χ3v) is 0. The number of rotatable bonds is 0. The van der Waals surface area contributed by atoms with E-state index in [1.54, 1.807) is 0 Å². The zero-order chi connectivity index (χ0) is 2.71. The van der Waals surface area contributed by atoms with Gasteiger partial charge in [-0.05, 0) is 0 Å². The van der Waals surface area contributed by atoms with Gasteiger partial charge in [0.05, 0.1) is 0 Å². The lowest BCUT2D eigenvalue weighted by Crippen LogP contribution is -1.69. The van der Waals surface area contributed by atoms with Crippen LogP contribution in [-0.2, 0) is 0 Å². The summed E-state index contributed by atoms with van der Waals surface area (Å²) in [5.74, 6) is 0. The largest absolute Gasteiger partial charge is 0.412 e. The first-order chi connectivity index (χ1) is 1.41. The Kier molecular flexibility index (Phi) is 148. The van der Waals surface area contributed by atoms with Crippen LogP contribution in [0.25, 0.3) is 0 Å². The molecule has 0 aromatic heterocycles. The van der Waals surface area contributed by atoms with Crippen LogP contribution in [0.4, 0.5) is 0 Å². The van der Waals surface area contributed by atoms with Crippen molar-refractivity contribution in [3.05, 3.63) is 0 Å². The minimum atomic E-state index is 0. The van der Waals surface area contributed by atoms with Gasteiger partial charge in [0.1, 0.15) is 0 Å². The third kappa shape index (κ3) is 0.139. The van der Waals surface area contributed by atoms with E-state index in [-0.39, 0.29) is 5.48 Å². The highest BCUT2D eigenvalue weighted by Crippen LogP contribution is 0.900.